The molecule has 0 radical (unpaired) electrons. The second-order valence-corrected chi connectivity index (χ2v) is 7.49. The Morgan fingerprint density at radius 1 is 1.23 bits per heavy atom. The number of hydrogen-bond donors (Lipinski definition) is 1. The van der Waals surface area contributed by atoms with Crippen LogP contribution in [0.4, 0.5) is 0 Å². The van der Waals surface area contributed by atoms with Gasteiger partial charge in [0.1, 0.15) is 0 Å². The van der Waals surface area contributed by atoms with Crippen molar-refractivity contribution < 1.29 is 0 Å². The fourth-order valence-electron chi connectivity index (χ4n) is 4.48. The fourth-order valence-corrected chi connectivity index (χ4v) is 4.48. The molecule has 142 valence electrons. The van der Waals surface area contributed by atoms with Crippen LogP contribution in [0.1, 0.15) is 38.2 Å². The first-order chi connectivity index (χ1) is 12.8. The average molecular weight is 355 g/mol. The van der Waals surface area contributed by atoms with Gasteiger partial charge in [0.2, 0.25) is 0 Å². The van der Waals surface area contributed by atoms with Crippen molar-refractivity contribution in [2.45, 2.75) is 45.2 Å². The van der Waals surface area contributed by atoms with Crippen LogP contribution in [0, 0.1) is 5.92 Å². The van der Waals surface area contributed by atoms with E-state index in [1.807, 2.05) is 7.05 Å². The molecule has 2 heterocycles. The van der Waals surface area contributed by atoms with E-state index in [4.69, 9.17) is 0 Å². The number of nitrogens with one attached hydrogen (secondary N) is 1. The van der Waals surface area contributed by atoms with Gasteiger partial charge in [-0.05, 0) is 50.6 Å². The highest BCUT2D eigenvalue weighted by molar-refractivity contribution is 5.80. The Morgan fingerprint density at radius 2 is 2.08 bits per heavy atom. The van der Waals surface area contributed by atoms with Gasteiger partial charge < -0.3 is 10.2 Å². The highest BCUT2D eigenvalue weighted by Gasteiger charge is 2.36. The molecule has 2 unspecified atom stereocenters. The van der Waals surface area contributed by atoms with Crippen molar-refractivity contribution in [3.05, 3.63) is 48.0 Å². The zero-order valence-corrected chi connectivity index (χ0v) is 16.4. The van der Waals surface area contributed by atoms with Gasteiger partial charge in [-0.15, -0.1) is 0 Å². The standard InChI is InChI=1S/C22H34N4/c1-3-4-8-14-24-22(23-2)26-16-13-21-20(18-26)12-9-15-25(21)17-19-10-6-5-7-11-19/h3-7,10-11,20-21H,8-9,12-18H2,1-2H3,(H,23,24)/b4-3+. The summed E-state index contributed by atoms with van der Waals surface area (Å²) in [6, 6.07) is 11.7. The molecule has 2 aliphatic heterocycles. The van der Waals surface area contributed by atoms with Crippen molar-refractivity contribution in [3.63, 3.8) is 0 Å². The third-order valence-corrected chi connectivity index (χ3v) is 5.75. The lowest BCUT2D eigenvalue weighted by atomic mass is 9.83. The van der Waals surface area contributed by atoms with Crippen molar-refractivity contribution in [2.75, 3.05) is 33.2 Å². The SMILES string of the molecule is C/C=C/CCNC(=NC)N1CCC2C(CCCN2Cc2ccccc2)C1. The molecule has 2 aliphatic rings. The number of guanidine groups is 1. The highest BCUT2D eigenvalue weighted by Crippen LogP contribution is 2.31. The smallest absolute Gasteiger partial charge is 0.193 e. The molecule has 2 atom stereocenters. The van der Waals surface area contributed by atoms with Crippen LogP contribution in [0.2, 0.25) is 0 Å². The number of hydrogen-bond acceptors (Lipinski definition) is 2. The average Bonchev–Trinajstić information content (AvgIpc) is 2.69. The molecular formula is C22H34N4. The molecule has 0 aliphatic carbocycles. The van der Waals surface area contributed by atoms with Crippen molar-refractivity contribution in [3.8, 4) is 0 Å². The van der Waals surface area contributed by atoms with Crippen LogP contribution in [-0.4, -0.2) is 55.0 Å². The first kappa shape index (κ1) is 19.0. The van der Waals surface area contributed by atoms with Crippen LogP contribution in [-0.2, 0) is 6.54 Å². The molecule has 1 aromatic rings. The van der Waals surface area contributed by atoms with Gasteiger partial charge in [-0.3, -0.25) is 9.89 Å². The summed E-state index contributed by atoms with van der Waals surface area (Å²) in [5.74, 6) is 1.84. The fraction of sp³-hybridized carbons (Fsp3) is 0.591. The van der Waals surface area contributed by atoms with E-state index in [0.717, 1.165) is 50.5 Å². The minimum Gasteiger partial charge on any atom is -0.356 e. The molecule has 0 saturated carbocycles. The molecule has 0 aromatic heterocycles. The van der Waals surface area contributed by atoms with E-state index in [9.17, 15) is 0 Å². The molecular weight excluding hydrogens is 320 g/mol. The molecule has 0 amide bonds. The molecule has 4 nitrogen and oxygen atoms in total. The quantitative estimate of drug-likeness (QED) is 0.380. The van der Waals surface area contributed by atoms with Crippen molar-refractivity contribution in [2.24, 2.45) is 10.9 Å². The van der Waals surface area contributed by atoms with Crippen LogP contribution in [0.3, 0.4) is 0 Å². The van der Waals surface area contributed by atoms with Gasteiger partial charge in [-0.1, -0.05) is 42.5 Å². The molecule has 4 heteroatoms. The maximum Gasteiger partial charge on any atom is 0.193 e. The number of likely N-dealkylation sites (tertiary alicyclic amines) is 2. The number of piperidine rings is 2. The Bertz CT molecular complexity index is 595. The lowest BCUT2D eigenvalue weighted by Gasteiger charge is -2.48. The summed E-state index contributed by atoms with van der Waals surface area (Å²) >= 11 is 0. The normalized spacial score (nSPS) is 24.7. The summed E-state index contributed by atoms with van der Waals surface area (Å²) in [5, 5.41) is 3.53. The molecule has 1 N–H and O–H groups in total. The van der Waals surface area contributed by atoms with Gasteiger partial charge >= 0.3 is 0 Å². The van der Waals surface area contributed by atoms with Gasteiger partial charge in [-0.25, -0.2) is 0 Å². The number of aliphatic imine (C=N–C) groups is 1. The second kappa shape index (κ2) is 9.77. The molecule has 1 aromatic carbocycles. The van der Waals surface area contributed by atoms with Crippen LogP contribution >= 0.6 is 0 Å². The van der Waals surface area contributed by atoms with E-state index >= 15 is 0 Å². The van der Waals surface area contributed by atoms with Crippen LogP contribution in [0.15, 0.2) is 47.5 Å². The largest absolute Gasteiger partial charge is 0.356 e. The second-order valence-electron chi connectivity index (χ2n) is 7.49. The van der Waals surface area contributed by atoms with Crippen LogP contribution in [0.25, 0.3) is 0 Å². The topological polar surface area (TPSA) is 30.9 Å². The summed E-state index contributed by atoms with van der Waals surface area (Å²) in [6.45, 7) is 7.62. The Balaban J connectivity index is 1.56. The Hall–Kier alpha value is -1.81. The Morgan fingerprint density at radius 3 is 2.85 bits per heavy atom. The lowest BCUT2D eigenvalue weighted by molar-refractivity contribution is 0.0373. The summed E-state index contributed by atoms with van der Waals surface area (Å²) in [7, 11) is 1.91. The summed E-state index contributed by atoms with van der Waals surface area (Å²) < 4.78 is 0. The van der Waals surface area contributed by atoms with Crippen LogP contribution in [0.5, 0.6) is 0 Å². The number of benzene rings is 1. The Labute approximate surface area is 159 Å². The van der Waals surface area contributed by atoms with Gasteiger partial charge in [0, 0.05) is 39.3 Å². The lowest BCUT2D eigenvalue weighted by Crippen LogP contribution is -2.56. The zero-order valence-electron chi connectivity index (χ0n) is 16.4. The first-order valence-electron chi connectivity index (χ1n) is 10.2. The zero-order chi connectivity index (χ0) is 18.2. The molecule has 2 fully saturated rings. The first-order valence-corrected chi connectivity index (χ1v) is 10.2. The maximum absolute atomic E-state index is 4.53. The predicted molar refractivity (Wildman–Crippen MR) is 110 cm³/mol. The molecule has 26 heavy (non-hydrogen) atoms. The minimum absolute atomic E-state index is 0.723. The molecule has 3 rings (SSSR count). The minimum atomic E-state index is 0.723. The molecule has 0 bridgehead atoms. The third kappa shape index (κ3) is 4.88. The maximum atomic E-state index is 4.53. The van der Waals surface area contributed by atoms with Crippen LogP contribution < -0.4 is 5.32 Å². The van der Waals surface area contributed by atoms with Gasteiger partial charge in [0.25, 0.3) is 0 Å². The van der Waals surface area contributed by atoms with Gasteiger partial charge in [0.15, 0.2) is 5.96 Å². The van der Waals surface area contributed by atoms with Crippen molar-refractivity contribution >= 4 is 5.96 Å². The summed E-state index contributed by atoms with van der Waals surface area (Å²) in [6.07, 6.45) is 9.28. The summed E-state index contributed by atoms with van der Waals surface area (Å²) in [5.41, 5.74) is 1.44. The van der Waals surface area contributed by atoms with E-state index < -0.39 is 0 Å². The van der Waals surface area contributed by atoms with Crippen molar-refractivity contribution in [1.82, 2.24) is 15.1 Å². The van der Waals surface area contributed by atoms with E-state index in [2.05, 4.69) is 69.5 Å². The van der Waals surface area contributed by atoms with Gasteiger partial charge in [0.05, 0.1) is 0 Å². The van der Waals surface area contributed by atoms with Crippen molar-refractivity contribution in [1.29, 1.82) is 0 Å². The highest BCUT2D eigenvalue weighted by atomic mass is 15.3. The van der Waals surface area contributed by atoms with E-state index in [0.29, 0.717) is 0 Å². The number of fused-ring (bicyclic) bond motifs is 1. The summed E-state index contributed by atoms with van der Waals surface area (Å²) in [4.78, 5) is 9.73. The number of nitrogens with zero attached hydrogens (tertiary/aromatic N) is 3. The van der Waals surface area contributed by atoms with Gasteiger partial charge in [-0.2, -0.15) is 0 Å². The van der Waals surface area contributed by atoms with E-state index in [-0.39, 0.29) is 0 Å². The predicted octanol–water partition coefficient (Wildman–Crippen LogP) is 3.51. The van der Waals surface area contributed by atoms with E-state index in [1.165, 1.54) is 31.4 Å². The molecule has 0 spiro atoms. The van der Waals surface area contributed by atoms with E-state index in [1.54, 1.807) is 0 Å². The Kier molecular flexibility index (Phi) is 7.13. The molecule has 2 saturated heterocycles. The monoisotopic (exact) mass is 354 g/mol. The number of allylic oxidation sites excluding steroid dienone is 1. The third-order valence-electron chi connectivity index (χ3n) is 5.75. The number of rotatable bonds is 5.